The Labute approximate surface area is 107 Å². The van der Waals surface area contributed by atoms with E-state index in [-0.39, 0.29) is 6.61 Å². The van der Waals surface area contributed by atoms with Gasteiger partial charge in [0.05, 0.1) is 6.61 Å². The summed E-state index contributed by atoms with van der Waals surface area (Å²) in [5.74, 6) is -0.975. The molecule has 7 heteroatoms. The maximum absolute atomic E-state index is 12.1. The molecule has 104 valence electrons. The highest BCUT2D eigenvalue weighted by Crippen LogP contribution is 2.21. The zero-order valence-corrected chi connectivity index (χ0v) is 11.7. The van der Waals surface area contributed by atoms with Crippen molar-refractivity contribution < 1.29 is 22.7 Å². The SMILES string of the molecule is CCOC(=O)C1CCCN1C(=O)C(C)S(C)(=O)=O. The number of amides is 1. The Bertz CT molecular complexity index is 431. The van der Waals surface area contributed by atoms with Crippen molar-refractivity contribution in [3.05, 3.63) is 0 Å². The van der Waals surface area contributed by atoms with Crippen molar-refractivity contribution in [2.24, 2.45) is 0 Å². The van der Waals surface area contributed by atoms with Crippen molar-refractivity contribution in [1.29, 1.82) is 0 Å². The third kappa shape index (κ3) is 3.22. The van der Waals surface area contributed by atoms with Gasteiger partial charge in [-0.2, -0.15) is 0 Å². The molecule has 1 rings (SSSR count). The molecular formula is C11H19NO5S. The Morgan fingerprint density at radius 1 is 1.44 bits per heavy atom. The molecule has 0 aromatic carbocycles. The molecule has 0 aromatic heterocycles. The molecule has 1 saturated heterocycles. The minimum atomic E-state index is -3.44. The molecule has 0 spiro atoms. The fourth-order valence-corrected chi connectivity index (χ4v) is 2.43. The molecule has 2 atom stereocenters. The molecule has 1 aliphatic rings. The zero-order valence-electron chi connectivity index (χ0n) is 10.9. The van der Waals surface area contributed by atoms with Crippen LogP contribution in [0.4, 0.5) is 0 Å². The van der Waals surface area contributed by atoms with E-state index in [1.807, 2.05) is 0 Å². The molecule has 1 aliphatic heterocycles. The predicted octanol–water partition coefficient (Wildman–Crippen LogP) is -0.0264. The summed E-state index contributed by atoms with van der Waals surface area (Å²) in [6.45, 7) is 3.69. The van der Waals surface area contributed by atoms with Gasteiger partial charge in [-0.1, -0.05) is 0 Å². The molecule has 0 radical (unpaired) electrons. The summed E-state index contributed by atoms with van der Waals surface area (Å²) in [5, 5.41) is -1.12. The van der Waals surface area contributed by atoms with Crippen LogP contribution in [-0.4, -0.2) is 55.9 Å². The van der Waals surface area contributed by atoms with Crippen molar-refractivity contribution in [3.8, 4) is 0 Å². The molecule has 18 heavy (non-hydrogen) atoms. The molecule has 6 nitrogen and oxygen atoms in total. The number of hydrogen-bond acceptors (Lipinski definition) is 5. The summed E-state index contributed by atoms with van der Waals surface area (Å²) < 4.78 is 27.6. The van der Waals surface area contributed by atoms with Gasteiger partial charge in [0, 0.05) is 12.8 Å². The summed E-state index contributed by atoms with van der Waals surface area (Å²) in [6, 6.07) is -0.637. The number of hydrogen-bond donors (Lipinski definition) is 0. The fraction of sp³-hybridized carbons (Fsp3) is 0.818. The standard InChI is InChI=1S/C11H19NO5S/c1-4-17-11(14)9-6-5-7-12(9)10(13)8(2)18(3,15)16/h8-9H,4-7H2,1-3H3. The van der Waals surface area contributed by atoms with E-state index in [1.54, 1.807) is 6.92 Å². The zero-order chi connectivity index (χ0) is 13.9. The number of esters is 1. The predicted molar refractivity (Wildman–Crippen MR) is 65.7 cm³/mol. The van der Waals surface area contributed by atoms with Gasteiger partial charge in [0.15, 0.2) is 9.84 Å². The average molecular weight is 277 g/mol. The second-order valence-corrected chi connectivity index (χ2v) is 6.78. The Hall–Kier alpha value is -1.11. The monoisotopic (exact) mass is 277 g/mol. The van der Waals surface area contributed by atoms with E-state index < -0.39 is 33.0 Å². The van der Waals surface area contributed by atoms with Crippen LogP contribution in [0.5, 0.6) is 0 Å². The molecule has 1 fully saturated rings. The minimum absolute atomic E-state index is 0.249. The maximum atomic E-state index is 12.1. The van der Waals surface area contributed by atoms with E-state index in [0.29, 0.717) is 19.4 Å². The average Bonchev–Trinajstić information content (AvgIpc) is 2.75. The summed E-state index contributed by atoms with van der Waals surface area (Å²) in [5.41, 5.74) is 0. The van der Waals surface area contributed by atoms with Gasteiger partial charge in [-0.25, -0.2) is 13.2 Å². The van der Waals surface area contributed by atoms with Crippen LogP contribution < -0.4 is 0 Å². The smallest absolute Gasteiger partial charge is 0.328 e. The van der Waals surface area contributed by atoms with Crippen molar-refractivity contribution in [2.45, 2.75) is 38.0 Å². The number of sulfone groups is 1. The molecular weight excluding hydrogens is 258 g/mol. The largest absolute Gasteiger partial charge is 0.464 e. The van der Waals surface area contributed by atoms with Crippen LogP contribution in [0.25, 0.3) is 0 Å². The molecule has 2 unspecified atom stereocenters. The summed E-state index contributed by atoms with van der Waals surface area (Å²) in [6.07, 6.45) is 2.23. The van der Waals surface area contributed by atoms with Gasteiger partial charge >= 0.3 is 5.97 Å². The molecule has 0 aliphatic carbocycles. The molecule has 0 N–H and O–H groups in total. The number of ether oxygens (including phenoxy) is 1. The molecule has 0 bridgehead atoms. The van der Waals surface area contributed by atoms with Crippen molar-refractivity contribution in [3.63, 3.8) is 0 Å². The lowest BCUT2D eigenvalue weighted by atomic mass is 10.2. The maximum Gasteiger partial charge on any atom is 0.328 e. The van der Waals surface area contributed by atoms with Gasteiger partial charge in [0.25, 0.3) is 0 Å². The topological polar surface area (TPSA) is 80.8 Å². The fourth-order valence-electron chi connectivity index (χ4n) is 1.93. The summed E-state index contributed by atoms with van der Waals surface area (Å²) in [4.78, 5) is 25.0. The van der Waals surface area contributed by atoms with E-state index in [1.165, 1.54) is 11.8 Å². The summed E-state index contributed by atoms with van der Waals surface area (Å²) in [7, 11) is -3.44. The Kier molecular flexibility index (Phi) is 4.72. The lowest BCUT2D eigenvalue weighted by Gasteiger charge is -2.25. The molecule has 1 amide bonds. The number of rotatable bonds is 4. The van der Waals surface area contributed by atoms with Crippen LogP contribution >= 0.6 is 0 Å². The number of carbonyl (C=O) groups excluding carboxylic acids is 2. The van der Waals surface area contributed by atoms with Gasteiger partial charge in [0.1, 0.15) is 11.3 Å². The quantitative estimate of drug-likeness (QED) is 0.674. The highest BCUT2D eigenvalue weighted by atomic mass is 32.2. The van der Waals surface area contributed by atoms with E-state index in [2.05, 4.69) is 0 Å². The highest BCUT2D eigenvalue weighted by Gasteiger charge is 2.39. The van der Waals surface area contributed by atoms with Crippen LogP contribution in [0.3, 0.4) is 0 Å². The van der Waals surface area contributed by atoms with Gasteiger partial charge in [-0.15, -0.1) is 0 Å². The molecule has 0 aromatic rings. The second kappa shape index (κ2) is 5.69. The third-order valence-corrected chi connectivity index (χ3v) is 4.57. The first-order chi connectivity index (χ1) is 8.29. The minimum Gasteiger partial charge on any atom is -0.464 e. The number of nitrogens with zero attached hydrogens (tertiary/aromatic N) is 1. The van der Waals surface area contributed by atoms with Gasteiger partial charge in [0.2, 0.25) is 5.91 Å². The molecule has 1 heterocycles. The van der Waals surface area contributed by atoms with E-state index in [0.717, 1.165) is 6.26 Å². The second-order valence-electron chi connectivity index (χ2n) is 4.41. The normalized spacial score (nSPS) is 21.7. The lowest BCUT2D eigenvalue weighted by molar-refractivity contribution is -0.152. The molecule has 0 saturated carbocycles. The van der Waals surface area contributed by atoms with Crippen molar-refractivity contribution in [1.82, 2.24) is 4.90 Å². The van der Waals surface area contributed by atoms with Gasteiger partial charge in [-0.3, -0.25) is 4.79 Å². The number of carbonyl (C=O) groups is 2. The van der Waals surface area contributed by atoms with Crippen LogP contribution in [0.1, 0.15) is 26.7 Å². The van der Waals surface area contributed by atoms with Crippen molar-refractivity contribution >= 4 is 21.7 Å². The van der Waals surface area contributed by atoms with E-state index in [4.69, 9.17) is 4.74 Å². The first-order valence-corrected chi connectivity index (χ1v) is 7.90. The Balaban J connectivity index is 2.82. The van der Waals surface area contributed by atoms with E-state index in [9.17, 15) is 18.0 Å². The highest BCUT2D eigenvalue weighted by molar-refractivity contribution is 7.92. The van der Waals surface area contributed by atoms with Crippen LogP contribution in [0, 0.1) is 0 Å². The lowest BCUT2D eigenvalue weighted by Crippen LogP contribution is -2.47. The third-order valence-electron chi connectivity index (χ3n) is 3.08. The van der Waals surface area contributed by atoms with Crippen molar-refractivity contribution in [2.75, 3.05) is 19.4 Å². The number of likely N-dealkylation sites (tertiary alicyclic amines) is 1. The van der Waals surface area contributed by atoms with Gasteiger partial charge in [-0.05, 0) is 26.7 Å². The first kappa shape index (κ1) is 14.9. The Morgan fingerprint density at radius 3 is 2.56 bits per heavy atom. The Morgan fingerprint density at radius 2 is 2.06 bits per heavy atom. The van der Waals surface area contributed by atoms with Gasteiger partial charge < -0.3 is 9.64 Å². The summed E-state index contributed by atoms with van der Waals surface area (Å²) >= 11 is 0. The van der Waals surface area contributed by atoms with Crippen LogP contribution in [0.15, 0.2) is 0 Å². The van der Waals surface area contributed by atoms with Crippen LogP contribution in [-0.2, 0) is 24.2 Å². The first-order valence-electron chi connectivity index (χ1n) is 5.95. The van der Waals surface area contributed by atoms with E-state index >= 15 is 0 Å². The van der Waals surface area contributed by atoms with Crippen LogP contribution in [0.2, 0.25) is 0 Å².